The van der Waals surface area contributed by atoms with Gasteiger partial charge in [0.05, 0.1) is 23.7 Å². The van der Waals surface area contributed by atoms with Gasteiger partial charge in [0.15, 0.2) is 0 Å². The summed E-state index contributed by atoms with van der Waals surface area (Å²) in [5, 5.41) is 13.4. The third kappa shape index (κ3) is 3.92. The van der Waals surface area contributed by atoms with E-state index in [0.29, 0.717) is 22.6 Å². The molecule has 7 heteroatoms. The van der Waals surface area contributed by atoms with Gasteiger partial charge in [-0.2, -0.15) is 0 Å². The third-order valence-corrected chi connectivity index (χ3v) is 6.36. The monoisotopic (exact) mass is 487 g/mol. The fourth-order valence-corrected chi connectivity index (χ4v) is 4.61. The van der Waals surface area contributed by atoms with Gasteiger partial charge >= 0.3 is 0 Å². The number of nitrogens with zero attached hydrogens (tertiary/aromatic N) is 1. The maximum Gasteiger partial charge on any atom is 0.300 e. The number of anilines is 1. The number of ether oxygens (including phenoxy) is 1. The van der Waals surface area contributed by atoms with E-state index in [2.05, 4.69) is 0 Å². The lowest BCUT2D eigenvalue weighted by molar-refractivity contribution is -0.132. The minimum atomic E-state index is -0.994. The largest absolute Gasteiger partial charge is 0.507 e. The van der Waals surface area contributed by atoms with Crippen LogP contribution in [0.1, 0.15) is 17.2 Å². The van der Waals surface area contributed by atoms with E-state index in [1.807, 2.05) is 30.3 Å². The van der Waals surface area contributed by atoms with Gasteiger partial charge in [-0.15, -0.1) is 0 Å². The molecule has 1 aliphatic heterocycles. The summed E-state index contributed by atoms with van der Waals surface area (Å²) < 4.78 is 18.9. The number of carbonyl (C=O) groups is 2. The molecule has 1 fully saturated rings. The van der Waals surface area contributed by atoms with Crippen molar-refractivity contribution < 1.29 is 23.8 Å². The number of amides is 1. The maximum absolute atomic E-state index is 13.7. The van der Waals surface area contributed by atoms with Gasteiger partial charge in [0.2, 0.25) is 0 Å². The molecule has 0 saturated carbocycles. The number of carbonyl (C=O) groups excluding carboxylic acids is 2. The summed E-state index contributed by atoms with van der Waals surface area (Å²) in [7, 11) is 1.47. The smallest absolute Gasteiger partial charge is 0.300 e. The molecule has 5 rings (SSSR count). The zero-order chi connectivity index (χ0) is 24.7. The number of hydrogen-bond donors (Lipinski definition) is 1. The van der Waals surface area contributed by atoms with Crippen LogP contribution in [0.3, 0.4) is 0 Å². The maximum atomic E-state index is 13.7. The minimum Gasteiger partial charge on any atom is -0.507 e. The van der Waals surface area contributed by atoms with Crippen molar-refractivity contribution in [2.45, 2.75) is 6.04 Å². The Morgan fingerprint density at radius 1 is 0.943 bits per heavy atom. The van der Waals surface area contributed by atoms with Gasteiger partial charge in [-0.05, 0) is 52.7 Å². The highest BCUT2D eigenvalue weighted by atomic mass is 35.5. The second-order valence-corrected chi connectivity index (χ2v) is 8.51. The molecule has 4 aromatic rings. The Hall–Kier alpha value is -4.16. The molecule has 1 N–H and O–H groups in total. The zero-order valence-electron chi connectivity index (χ0n) is 18.5. The highest BCUT2D eigenvalue weighted by Crippen LogP contribution is 2.43. The van der Waals surface area contributed by atoms with E-state index >= 15 is 0 Å². The summed E-state index contributed by atoms with van der Waals surface area (Å²) in [6.07, 6.45) is 0. The average molecular weight is 488 g/mol. The number of aliphatic hydroxyl groups excluding tert-OH is 1. The number of ketones is 1. The van der Waals surface area contributed by atoms with Crippen LogP contribution >= 0.6 is 11.6 Å². The van der Waals surface area contributed by atoms with Crippen LogP contribution in [0.15, 0.2) is 90.5 Å². The first-order valence-electron chi connectivity index (χ1n) is 10.8. The number of aliphatic hydroxyl groups is 1. The minimum absolute atomic E-state index is 0.0937. The fraction of sp³-hybridized carbons (Fsp3) is 0.0714. The standard InChI is InChI=1S/C28H19ClFNO4/c1-35-23-13-12-21(15-22(23)29)31-25(17-8-10-20(30)11-9-17)24(27(33)28(31)34)26(32)19-7-6-16-4-2-3-5-18(16)14-19/h2-15,25,32H,1H3/b26-24-. The first-order chi connectivity index (χ1) is 16.9. The lowest BCUT2D eigenvalue weighted by atomic mass is 9.94. The lowest BCUT2D eigenvalue weighted by Gasteiger charge is -2.26. The van der Waals surface area contributed by atoms with Crippen LogP contribution in [0.2, 0.25) is 5.02 Å². The Bertz CT molecular complexity index is 1510. The summed E-state index contributed by atoms with van der Waals surface area (Å²) in [5.74, 6) is -2.06. The Morgan fingerprint density at radius 3 is 2.34 bits per heavy atom. The van der Waals surface area contributed by atoms with Crippen LogP contribution in [0, 0.1) is 5.82 Å². The van der Waals surface area contributed by atoms with Gasteiger partial charge in [0, 0.05) is 11.3 Å². The summed E-state index contributed by atoms with van der Waals surface area (Å²) >= 11 is 6.30. The predicted octanol–water partition coefficient (Wildman–Crippen LogP) is 6.27. The first-order valence-corrected chi connectivity index (χ1v) is 11.2. The number of Topliss-reactive ketones (excluding diaryl/α,β-unsaturated/α-hetero) is 1. The molecule has 0 aromatic heterocycles. The van der Waals surface area contributed by atoms with Gasteiger partial charge < -0.3 is 9.84 Å². The normalized spacial score (nSPS) is 17.2. The van der Waals surface area contributed by atoms with Crippen molar-refractivity contribution in [3.63, 3.8) is 0 Å². The van der Waals surface area contributed by atoms with Crippen molar-refractivity contribution in [2.75, 3.05) is 12.0 Å². The number of hydrogen-bond acceptors (Lipinski definition) is 4. The Morgan fingerprint density at radius 2 is 1.66 bits per heavy atom. The quantitative estimate of drug-likeness (QED) is 0.209. The van der Waals surface area contributed by atoms with Crippen LogP contribution in [0.5, 0.6) is 5.75 Å². The highest BCUT2D eigenvalue weighted by Gasteiger charge is 2.47. The third-order valence-electron chi connectivity index (χ3n) is 6.07. The Balaban J connectivity index is 1.72. The molecular formula is C28H19ClFNO4. The number of methoxy groups -OCH3 is 1. The summed E-state index contributed by atoms with van der Waals surface area (Å²) in [6, 6.07) is 22.0. The van der Waals surface area contributed by atoms with Crippen molar-refractivity contribution >= 4 is 45.5 Å². The van der Waals surface area contributed by atoms with Crippen molar-refractivity contribution in [3.8, 4) is 5.75 Å². The van der Waals surface area contributed by atoms with Gasteiger partial charge in [-0.1, -0.05) is 60.1 Å². The molecule has 0 bridgehead atoms. The SMILES string of the molecule is COc1ccc(N2C(=O)C(=O)/C(=C(\O)c3ccc4ccccc4c3)C2c2ccc(F)cc2)cc1Cl. The molecule has 0 spiro atoms. The summed E-state index contributed by atoms with van der Waals surface area (Å²) in [4.78, 5) is 27.8. The molecular weight excluding hydrogens is 469 g/mol. The molecule has 5 nitrogen and oxygen atoms in total. The van der Waals surface area contributed by atoms with Crippen molar-refractivity contribution in [1.29, 1.82) is 0 Å². The molecule has 1 saturated heterocycles. The Kier molecular flexibility index (Phi) is 5.75. The second-order valence-electron chi connectivity index (χ2n) is 8.10. The van der Waals surface area contributed by atoms with E-state index in [1.165, 1.54) is 42.3 Å². The van der Waals surface area contributed by atoms with Crippen molar-refractivity contribution in [2.24, 2.45) is 0 Å². The highest BCUT2D eigenvalue weighted by molar-refractivity contribution is 6.52. The van der Waals surface area contributed by atoms with E-state index in [0.717, 1.165) is 10.8 Å². The van der Waals surface area contributed by atoms with E-state index in [-0.39, 0.29) is 16.4 Å². The van der Waals surface area contributed by atoms with E-state index < -0.39 is 23.5 Å². The fourth-order valence-electron chi connectivity index (χ4n) is 4.36. The van der Waals surface area contributed by atoms with Crippen LogP contribution in [0.25, 0.3) is 16.5 Å². The molecule has 1 amide bonds. The molecule has 0 aliphatic carbocycles. The van der Waals surface area contributed by atoms with E-state index in [1.54, 1.807) is 24.3 Å². The predicted molar refractivity (Wildman–Crippen MR) is 133 cm³/mol. The molecule has 4 aromatic carbocycles. The molecule has 1 heterocycles. The number of fused-ring (bicyclic) bond motifs is 1. The van der Waals surface area contributed by atoms with Crippen LogP contribution in [-0.4, -0.2) is 23.9 Å². The number of benzene rings is 4. The van der Waals surface area contributed by atoms with Crippen molar-refractivity contribution in [3.05, 3.63) is 112 Å². The van der Waals surface area contributed by atoms with Gasteiger partial charge in [-0.25, -0.2) is 4.39 Å². The van der Waals surface area contributed by atoms with Crippen LogP contribution in [0.4, 0.5) is 10.1 Å². The molecule has 0 radical (unpaired) electrons. The topological polar surface area (TPSA) is 66.8 Å². The van der Waals surface area contributed by atoms with Crippen LogP contribution < -0.4 is 9.64 Å². The van der Waals surface area contributed by atoms with E-state index in [9.17, 15) is 19.1 Å². The van der Waals surface area contributed by atoms with Gasteiger partial charge in [-0.3, -0.25) is 14.5 Å². The van der Waals surface area contributed by atoms with Gasteiger partial charge in [0.1, 0.15) is 17.3 Å². The van der Waals surface area contributed by atoms with E-state index in [4.69, 9.17) is 16.3 Å². The molecule has 174 valence electrons. The molecule has 1 unspecified atom stereocenters. The lowest BCUT2D eigenvalue weighted by Crippen LogP contribution is -2.29. The Labute approximate surface area is 205 Å². The van der Waals surface area contributed by atoms with Crippen LogP contribution in [-0.2, 0) is 9.59 Å². The molecule has 1 atom stereocenters. The molecule has 35 heavy (non-hydrogen) atoms. The zero-order valence-corrected chi connectivity index (χ0v) is 19.3. The molecule has 1 aliphatic rings. The van der Waals surface area contributed by atoms with Gasteiger partial charge in [0.25, 0.3) is 11.7 Å². The summed E-state index contributed by atoms with van der Waals surface area (Å²) in [6.45, 7) is 0. The number of rotatable bonds is 4. The van der Waals surface area contributed by atoms with Crippen molar-refractivity contribution in [1.82, 2.24) is 0 Å². The second kappa shape index (κ2) is 8.89. The first kappa shape index (κ1) is 22.6. The average Bonchev–Trinajstić information content (AvgIpc) is 3.14. The summed E-state index contributed by atoms with van der Waals surface area (Å²) in [5.41, 5.74) is 1.09. The number of halogens is 2.